The summed E-state index contributed by atoms with van der Waals surface area (Å²) in [6, 6.07) is 4.85. The van der Waals surface area contributed by atoms with Gasteiger partial charge in [0.1, 0.15) is 12.0 Å². The third-order valence-corrected chi connectivity index (χ3v) is 3.78. The molecule has 2 unspecified atom stereocenters. The summed E-state index contributed by atoms with van der Waals surface area (Å²) in [5, 5.41) is 17.5. The summed E-state index contributed by atoms with van der Waals surface area (Å²) < 4.78 is 0. The third kappa shape index (κ3) is 2.28. The first-order chi connectivity index (χ1) is 8.70. The monoisotopic (exact) mass is 248 g/mol. The molecule has 1 aromatic rings. The number of hydrogen-bond acceptors (Lipinski definition) is 5. The first-order valence-electron chi connectivity index (χ1n) is 6.34. The predicted octanol–water partition coefficient (Wildman–Crippen LogP) is 1.68. The number of rotatable bonds is 3. The largest absolute Gasteiger partial charge is 0.367 e. The van der Waals surface area contributed by atoms with Gasteiger partial charge in [0.2, 0.25) is 0 Å². The van der Waals surface area contributed by atoms with E-state index < -0.39 is 4.92 Å². The van der Waals surface area contributed by atoms with E-state index >= 15 is 0 Å². The molecule has 2 bridgehead atoms. The lowest BCUT2D eigenvalue weighted by Crippen LogP contribution is -2.43. The number of aromatic nitrogens is 1. The molecule has 2 saturated heterocycles. The molecule has 2 N–H and O–H groups in total. The average Bonchev–Trinajstić information content (AvgIpc) is 2.69. The summed E-state index contributed by atoms with van der Waals surface area (Å²) >= 11 is 0. The zero-order chi connectivity index (χ0) is 12.5. The molecule has 3 heterocycles. The van der Waals surface area contributed by atoms with E-state index in [4.69, 9.17) is 0 Å². The van der Waals surface area contributed by atoms with Crippen molar-refractivity contribution in [1.82, 2.24) is 10.3 Å². The van der Waals surface area contributed by atoms with Crippen molar-refractivity contribution in [2.45, 2.75) is 43.8 Å². The molecule has 0 amide bonds. The molecule has 2 aliphatic rings. The fraction of sp³-hybridized carbons (Fsp3) is 0.583. The quantitative estimate of drug-likeness (QED) is 0.628. The highest BCUT2D eigenvalue weighted by molar-refractivity contribution is 5.41. The molecule has 0 spiro atoms. The van der Waals surface area contributed by atoms with Crippen LogP contribution in [-0.4, -0.2) is 28.0 Å². The van der Waals surface area contributed by atoms with Gasteiger partial charge in [0, 0.05) is 24.2 Å². The van der Waals surface area contributed by atoms with Gasteiger partial charge >= 0.3 is 0 Å². The summed E-state index contributed by atoms with van der Waals surface area (Å²) in [5.74, 6) is 0.729. The normalized spacial score (nSPS) is 30.1. The van der Waals surface area contributed by atoms with Crippen molar-refractivity contribution < 1.29 is 4.92 Å². The van der Waals surface area contributed by atoms with Crippen molar-refractivity contribution in [3.63, 3.8) is 0 Å². The van der Waals surface area contributed by atoms with E-state index in [0.717, 1.165) is 18.7 Å². The van der Waals surface area contributed by atoms with Crippen LogP contribution < -0.4 is 10.6 Å². The molecule has 3 rings (SSSR count). The number of nitrogens with zero attached hydrogens (tertiary/aromatic N) is 2. The fourth-order valence-electron chi connectivity index (χ4n) is 2.96. The van der Waals surface area contributed by atoms with Crippen LogP contribution in [0.4, 0.5) is 11.5 Å². The van der Waals surface area contributed by atoms with Gasteiger partial charge in [-0.15, -0.1) is 0 Å². The number of nitrogens with one attached hydrogen (secondary N) is 2. The van der Waals surface area contributed by atoms with Crippen LogP contribution in [0.15, 0.2) is 18.3 Å². The van der Waals surface area contributed by atoms with Crippen LogP contribution in [-0.2, 0) is 0 Å². The maximum Gasteiger partial charge on any atom is 0.287 e. The number of pyridine rings is 1. The highest BCUT2D eigenvalue weighted by Crippen LogP contribution is 2.28. The van der Waals surface area contributed by atoms with E-state index in [1.807, 2.05) is 0 Å². The lowest BCUT2D eigenvalue weighted by molar-refractivity contribution is -0.385. The molecule has 0 radical (unpaired) electrons. The first-order valence-corrected chi connectivity index (χ1v) is 6.34. The van der Waals surface area contributed by atoms with Gasteiger partial charge in [-0.25, -0.2) is 4.98 Å². The van der Waals surface area contributed by atoms with E-state index in [1.165, 1.54) is 25.1 Å². The van der Waals surface area contributed by atoms with Crippen molar-refractivity contribution in [3.8, 4) is 0 Å². The standard InChI is InChI=1S/C12H16N4O2/c17-16(18)11-3-4-12(13-7-11)15-10-5-8-1-2-9(6-10)14-8/h3-4,7-10,14H,1-2,5-6H2,(H,13,15). The Balaban J connectivity index is 1.64. The second-order valence-electron chi connectivity index (χ2n) is 5.11. The Kier molecular flexibility index (Phi) is 2.87. The second-order valence-corrected chi connectivity index (χ2v) is 5.11. The van der Waals surface area contributed by atoms with Crippen molar-refractivity contribution in [1.29, 1.82) is 0 Å². The topological polar surface area (TPSA) is 80.1 Å². The Morgan fingerprint density at radius 1 is 1.33 bits per heavy atom. The van der Waals surface area contributed by atoms with Gasteiger partial charge < -0.3 is 10.6 Å². The van der Waals surface area contributed by atoms with Gasteiger partial charge in [0.05, 0.1) is 4.92 Å². The number of anilines is 1. The molecule has 2 fully saturated rings. The van der Waals surface area contributed by atoms with Crippen LogP contribution in [0.1, 0.15) is 25.7 Å². The Labute approximate surface area is 105 Å². The zero-order valence-corrected chi connectivity index (χ0v) is 10.0. The van der Waals surface area contributed by atoms with Crippen LogP contribution in [0.5, 0.6) is 0 Å². The molecule has 1 aromatic heterocycles. The molecule has 96 valence electrons. The minimum Gasteiger partial charge on any atom is -0.367 e. The molecule has 2 atom stereocenters. The predicted molar refractivity (Wildman–Crippen MR) is 67.5 cm³/mol. The van der Waals surface area contributed by atoms with Crippen LogP contribution >= 0.6 is 0 Å². The highest BCUT2D eigenvalue weighted by atomic mass is 16.6. The fourth-order valence-corrected chi connectivity index (χ4v) is 2.96. The molecule has 6 nitrogen and oxygen atoms in total. The number of piperidine rings is 1. The molecule has 0 aromatic carbocycles. The number of hydrogen-bond donors (Lipinski definition) is 2. The van der Waals surface area contributed by atoms with Gasteiger partial charge in [-0.2, -0.15) is 0 Å². The highest BCUT2D eigenvalue weighted by Gasteiger charge is 2.33. The molecule has 18 heavy (non-hydrogen) atoms. The Bertz CT molecular complexity index is 436. The number of fused-ring (bicyclic) bond motifs is 2. The molecule has 0 saturated carbocycles. The summed E-state index contributed by atoms with van der Waals surface area (Å²) in [5.41, 5.74) is 0.0333. The Morgan fingerprint density at radius 2 is 2.06 bits per heavy atom. The van der Waals surface area contributed by atoms with Gasteiger partial charge in [0.15, 0.2) is 0 Å². The number of nitro groups is 1. The second kappa shape index (κ2) is 4.53. The maximum atomic E-state index is 10.5. The molecular weight excluding hydrogens is 232 g/mol. The average molecular weight is 248 g/mol. The molecule has 2 aliphatic heterocycles. The van der Waals surface area contributed by atoms with Crippen LogP contribution in [0.3, 0.4) is 0 Å². The molecular formula is C12H16N4O2. The van der Waals surface area contributed by atoms with E-state index in [2.05, 4.69) is 15.6 Å². The maximum absolute atomic E-state index is 10.5. The zero-order valence-electron chi connectivity index (χ0n) is 10.0. The van der Waals surface area contributed by atoms with E-state index in [1.54, 1.807) is 6.07 Å². The summed E-state index contributed by atoms with van der Waals surface area (Å²) in [7, 11) is 0. The van der Waals surface area contributed by atoms with Gasteiger partial charge in [-0.3, -0.25) is 10.1 Å². The van der Waals surface area contributed by atoms with E-state index in [9.17, 15) is 10.1 Å². The lowest BCUT2D eigenvalue weighted by Gasteiger charge is -2.29. The minimum absolute atomic E-state index is 0.0333. The Morgan fingerprint density at radius 3 is 2.61 bits per heavy atom. The van der Waals surface area contributed by atoms with Gasteiger partial charge in [-0.05, 0) is 31.7 Å². The third-order valence-electron chi connectivity index (χ3n) is 3.78. The van der Waals surface area contributed by atoms with Crippen LogP contribution in [0.25, 0.3) is 0 Å². The SMILES string of the molecule is O=[N+]([O-])c1ccc(NC2CC3CCC(C2)N3)nc1. The van der Waals surface area contributed by atoms with Crippen molar-refractivity contribution in [2.24, 2.45) is 0 Å². The van der Waals surface area contributed by atoms with Crippen molar-refractivity contribution >= 4 is 11.5 Å². The van der Waals surface area contributed by atoms with Crippen LogP contribution in [0, 0.1) is 10.1 Å². The smallest absolute Gasteiger partial charge is 0.287 e. The molecule has 6 heteroatoms. The van der Waals surface area contributed by atoms with Crippen molar-refractivity contribution in [3.05, 3.63) is 28.4 Å². The first kappa shape index (κ1) is 11.4. The summed E-state index contributed by atoms with van der Waals surface area (Å²) in [4.78, 5) is 14.2. The van der Waals surface area contributed by atoms with Crippen LogP contribution in [0.2, 0.25) is 0 Å². The van der Waals surface area contributed by atoms with Gasteiger partial charge in [0.25, 0.3) is 5.69 Å². The summed E-state index contributed by atoms with van der Waals surface area (Å²) in [6.45, 7) is 0. The van der Waals surface area contributed by atoms with Crippen molar-refractivity contribution in [2.75, 3.05) is 5.32 Å². The van der Waals surface area contributed by atoms with E-state index in [0.29, 0.717) is 18.1 Å². The lowest BCUT2D eigenvalue weighted by atomic mass is 10.00. The Hall–Kier alpha value is -1.69. The summed E-state index contributed by atoms with van der Waals surface area (Å²) in [6.07, 6.45) is 6.04. The van der Waals surface area contributed by atoms with E-state index in [-0.39, 0.29) is 5.69 Å². The molecule has 0 aliphatic carbocycles. The minimum atomic E-state index is -0.429. The van der Waals surface area contributed by atoms with Gasteiger partial charge in [-0.1, -0.05) is 0 Å².